The van der Waals surface area contributed by atoms with E-state index < -0.39 is 0 Å². The molecule has 0 aliphatic heterocycles. The monoisotopic (exact) mass is 178 g/mol. The van der Waals surface area contributed by atoms with Gasteiger partial charge in [-0.15, -0.1) is 0 Å². The molecule has 1 aromatic rings. The highest BCUT2D eigenvalue weighted by molar-refractivity contribution is 5.26. The quantitative estimate of drug-likeness (QED) is 0.754. The third-order valence-corrected chi connectivity index (χ3v) is 2.15. The van der Waals surface area contributed by atoms with Crippen molar-refractivity contribution in [2.24, 2.45) is 0 Å². The molecule has 0 fully saturated rings. The number of aliphatic hydroxyl groups is 1. The molecular weight excluding hydrogens is 160 g/mol. The summed E-state index contributed by atoms with van der Waals surface area (Å²) in [7, 11) is 0. The Labute approximate surface area is 80.4 Å². The SMILES string of the molecule is CC(O)Cc1cccc(C(C)C)c1. The highest BCUT2D eigenvalue weighted by Gasteiger charge is 2.02. The molecular formula is C12H18O. The molecule has 0 aromatic heterocycles. The molecule has 1 N–H and O–H groups in total. The number of aliphatic hydroxyl groups excluding tert-OH is 1. The minimum atomic E-state index is -0.248. The number of hydrogen-bond acceptors (Lipinski definition) is 1. The van der Waals surface area contributed by atoms with E-state index in [9.17, 15) is 5.11 Å². The fourth-order valence-corrected chi connectivity index (χ4v) is 1.42. The maximum absolute atomic E-state index is 9.24. The van der Waals surface area contributed by atoms with Gasteiger partial charge in [0.15, 0.2) is 0 Å². The van der Waals surface area contributed by atoms with Crippen LogP contribution in [-0.2, 0) is 6.42 Å². The fourth-order valence-electron chi connectivity index (χ4n) is 1.42. The summed E-state index contributed by atoms with van der Waals surface area (Å²) in [5.41, 5.74) is 2.57. The van der Waals surface area contributed by atoms with Crippen LogP contribution in [0.3, 0.4) is 0 Å². The van der Waals surface area contributed by atoms with E-state index in [1.165, 1.54) is 11.1 Å². The normalized spacial score (nSPS) is 13.3. The summed E-state index contributed by atoms with van der Waals surface area (Å²) in [5, 5.41) is 9.24. The molecule has 1 atom stereocenters. The Morgan fingerprint density at radius 1 is 1.23 bits per heavy atom. The molecule has 1 nitrogen and oxygen atoms in total. The third-order valence-electron chi connectivity index (χ3n) is 2.15. The second-order valence-corrected chi connectivity index (χ2v) is 3.95. The van der Waals surface area contributed by atoms with Crippen LogP contribution in [0.4, 0.5) is 0 Å². The van der Waals surface area contributed by atoms with Gasteiger partial charge >= 0.3 is 0 Å². The van der Waals surface area contributed by atoms with Gasteiger partial charge in [-0.25, -0.2) is 0 Å². The van der Waals surface area contributed by atoms with Gasteiger partial charge in [-0.3, -0.25) is 0 Å². The molecule has 0 radical (unpaired) electrons. The average molecular weight is 178 g/mol. The molecule has 1 aromatic carbocycles. The molecule has 0 amide bonds. The lowest BCUT2D eigenvalue weighted by atomic mass is 9.99. The van der Waals surface area contributed by atoms with Crippen LogP contribution in [0.1, 0.15) is 37.8 Å². The van der Waals surface area contributed by atoms with Crippen molar-refractivity contribution in [3.05, 3.63) is 35.4 Å². The Hall–Kier alpha value is -0.820. The van der Waals surface area contributed by atoms with Crippen LogP contribution in [0.25, 0.3) is 0 Å². The first-order valence-electron chi connectivity index (χ1n) is 4.86. The Morgan fingerprint density at radius 2 is 1.92 bits per heavy atom. The van der Waals surface area contributed by atoms with Gasteiger partial charge in [0, 0.05) is 0 Å². The predicted octanol–water partition coefficient (Wildman–Crippen LogP) is 2.73. The van der Waals surface area contributed by atoms with Crippen molar-refractivity contribution < 1.29 is 5.11 Å². The number of benzene rings is 1. The summed E-state index contributed by atoms with van der Waals surface area (Å²) in [5.74, 6) is 0.564. The van der Waals surface area contributed by atoms with Gasteiger partial charge < -0.3 is 5.11 Å². The van der Waals surface area contributed by atoms with Gasteiger partial charge in [0.25, 0.3) is 0 Å². The van der Waals surface area contributed by atoms with Crippen molar-refractivity contribution in [3.63, 3.8) is 0 Å². The van der Waals surface area contributed by atoms with E-state index in [2.05, 4.69) is 38.1 Å². The average Bonchev–Trinajstić information content (AvgIpc) is 2.03. The van der Waals surface area contributed by atoms with Crippen LogP contribution in [0.15, 0.2) is 24.3 Å². The van der Waals surface area contributed by atoms with Crippen LogP contribution in [0.2, 0.25) is 0 Å². The molecule has 0 aliphatic carbocycles. The lowest BCUT2D eigenvalue weighted by Crippen LogP contribution is -2.04. The zero-order valence-electron chi connectivity index (χ0n) is 8.62. The third kappa shape index (κ3) is 3.19. The zero-order valence-corrected chi connectivity index (χ0v) is 8.62. The van der Waals surface area contributed by atoms with E-state index in [-0.39, 0.29) is 6.10 Å². The van der Waals surface area contributed by atoms with Crippen molar-refractivity contribution in [2.45, 2.75) is 39.2 Å². The van der Waals surface area contributed by atoms with E-state index in [1.54, 1.807) is 0 Å². The lowest BCUT2D eigenvalue weighted by Gasteiger charge is -2.09. The highest BCUT2D eigenvalue weighted by Crippen LogP contribution is 2.16. The second-order valence-electron chi connectivity index (χ2n) is 3.95. The zero-order chi connectivity index (χ0) is 9.84. The van der Waals surface area contributed by atoms with Crippen molar-refractivity contribution >= 4 is 0 Å². The first kappa shape index (κ1) is 10.3. The molecule has 0 heterocycles. The summed E-state index contributed by atoms with van der Waals surface area (Å²) in [4.78, 5) is 0. The van der Waals surface area contributed by atoms with Gasteiger partial charge in [-0.1, -0.05) is 38.1 Å². The van der Waals surface area contributed by atoms with Crippen LogP contribution in [-0.4, -0.2) is 11.2 Å². The largest absolute Gasteiger partial charge is 0.393 e. The Balaban J connectivity index is 2.79. The van der Waals surface area contributed by atoms with Crippen LogP contribution < -0.4 is 0 Å². The number of rotatable bonds is 3. The summed E-state index contributed by atoms with van der Waals surface area (Å²) >= 11 is 0. The first-order chi connectivity index (χ1) is 6.09. The maximum atomic E-state index is 9.24. The van der Waals surface area contributed by atoms with Crippen LogP contribution in [0.5, 0.6) is 0 Å². The summed E-state index contributed by atoms with van der Waals surface area (Å²) in [6, 6.07) is 8.44. The molecule has 0 spiro atoms. The van der Waals surface area contributed by atoms with Crippen molar-refractivity contribution in [1.82, 2.24) is 0 Å². The Bertz CT molecular complexity index is 264. The predicted molar refractivity (Wildman–Crippen MR) is 55.9 cm³/mol. The Kier molecular flexibility index (Phi) is 3.49. The van der Waals surface area contributed by atoms with E-state index >= 15 is 0 Å². The minimum absolute atomic E-state index is 0.248. The fraction of sp³-hybridized carbons (Fsp3) is 0.500. The van der Waals surface area contributed by atoms with Crippen molar-refractivity contribution in [1.29, 1.82) is 0 Å². The topological polar surface area (TPSA) is 20.2 Å². The lowest BCUT2D eigenvalue weighted by molar-refractivity contribution is 0.195. The Morgan fingerprint density at radius 3 is 2.46 bits per heavy atom. The molecule has 0 saturated carbocycles. The van der Waals surface area contributed by atoms with Gasteiger partial charge in [0.05, 0.1) is 6.10 Å². The maximum Gasteiger partial charge on any atom is 0.0552 e. The van der Waals surface area contributed by atoms with Crippen molar-refractivity contribution in [2.75, 3.05) is 0 Å². The summed E-state index contributed by atoms with van der Waals surface area (Å²) < 4.78 is 0. The van der Waals surface area contributed by atoms with E-state index in [1.807, 2.05) is 6.92 Å². The molecule has 1 unspecified atom stereocenters. The highest BCUT2D eigenvalue weighted by atomic mass is 16.3. The number of hydrogen-bond donors (Lipinski definition) is 1. The standard InChI is InChI=1S/C12H18O/c1-9(2)12-6-4-5-11(8-12)7-10(3)13/h4-6,8-10,13H,7H2,1-3H3. The summed E-state index contributed by atoms with van der Waals surface area (Å²) in [6.07, 6.45) is 0.503. The smallest absolute Gasteiger partial charge is 0.0552 e. The molecule has 72 valence electrons. The first-order valence-corrected chi connectivity index (χ1v) is 4.86. The molecule has 1 rings (SSSR count). The van der Waals surface area contributed by atoms with Crippen molar-refractivity contribution in [3.8, 4) is 0 Å². The summed E-state index contributed by atoms with van der Waals surface area (Å²) in [6.45, 7) is 6.19. The molecule has 0 aliphatic rings. The molecule has 1 heteroatoms. The van der Waals surface area contributed by atoms with Gasteiger partial charge in [-0.05, 0) is 30.4 Å². The molecule has 0 saturated heterocycles. The molecule has 0 bridgehead atoms. The van der Waals surface area contributed by atoms with Crippen LogP contribution in [0, 0.1) is 0 Å². The van der Waals surface area contributed by atoms with E-state index in [0.29, 0.717) is 5.92 Å². The van der Waals surface area contributed by atoms with E-state index in [0.717, 1.165) is 6.42 Å². The van der Waals surface area contributed by atoms with E-state index in [4.69, 9.17) is 0 Å². The minimum Gasteiger partial charge on any atom is -0.393 e. The molecule has 13 heavy (non-hydrogen) atoms. The van der Waals surface area contributed by atoms with Crippen LogP contribution >= 0.6 is 0 Å². The second kappa shape index (κ2) is 4.43. The van der Waals surface area contributed by atoms with Gasteiger partial charge in [0.2, 0.25) is 0 Å². The van der Waals surface area contributed by atoms with Gasteiger partial charge in [0.1, 0.15) is 0 Å². The van der Waals surface area contributed by atoms with Gasteiger partial charge in [-0.2, -0.15) is 0 Å².